The monoisotopic (exact) mass is 372 g/mol. The maximum atomic E-state index is 12.8. The maximum Gasteiger partial charge on any atom is 0.228 e. The van der Waals surface area contributed by atoms with Gasteiger partial charge in [-0.25, -0.2) is 0 Å². The number of nitrogens with zero attached hydrogens (tertiary/aromatic N) is 2. The minimum atomic E-state index is -0.109. The van der Waals surface area contributed by atoms with Gasteiger partial charge < -0.3 is 9.80 Å². The quantitative estimate of drug-likeness (QED) is 0.733. The SMILES string of the molecule is CCN(C(=O)CCN(C(C)=O)c1cc(Cl)ccc1C)c1cccc(C)c1. The number of rotatable bonds is 6. The van der Waals surface area contributed by atoms with Gasteiger partial charge in [0.05, 0.1) is 0 Å². The zero-order chi connectivity index (χ0) is 19.3. The van der Waals surface area contributed by atoms with E-state index in [0.717, 1.165) is 22.5 Å². The highest BCUT2D eigenvalue weighted by Crippen LogP contribution is 2.25. The molecule has 0 fully saturated rings. The molecule has 0 spiro atoms. The van der Waals surface area contributed by atoms with Gasteiger partial charge in [0.2, 0.25) is 11.8 Å². The van der Waals surface area contributed by atoms with E-state index in [1.165, 1.54) is 6.92 Å². The molecule has 0 aromatic heterocycles. The fourth-order valence-electron chi connectivity index (χ4n) is 2.96. The predicted octanol–water partition coefficient (Wildman–Crippen LogP) is 4.75. The summed E-state index contributed by atoms with van der Waals surface area (Å²) in [6.45, 7) is 8.28. The lowest BCUT2D eigenvalue weighted by atomic mass is 10.1. The van der Waals surface area contributed by atoms with Crippen molar-refractivity contribution in [2.75, 3.05) is 22.9 Å². The van der Waals surface area contributed by atoms with Crippen LogP contribution in [0.25, 0.3) is 0 Å². The van der Waals surface area contributed by atoms with E-state index >= 15 is 0 Å². The second kappa shape index (κ2) is 8.86. The van der Waals surface area contributed by atoms with Gasteiger partial charge in [-0.15, -0.1) is 0 Å². The van der Waals surface area contributed by atoms with Gasteiger partial charge in [-0.3, -0.25) is 9.59 Å². The van der Waals surface area contributed by atoms with E-state index in [9.17, 15) is 9.59 Å². The van der Waals surface area contributed by atoms with Crippen LogP contribution in [0.5, 0.6) is 0 Å². The van der Waals surface area contributed by atoms with Gasteiger partial charge in [-0.2, -0.15) is 0 Å². The van der Waals surface area contributed by atoms with Crippen molar-refractivity contribution in [3.05, 3.63) is 58.6 Å². The first-order valence-corrected chi connectivity index (χ1v) is 9.12. The second-order valence-electron chi connectivity index (χ2n) is 6.33. The number of carbonyl (C=O) groups is 2. The average molecular weight is 373 g/mol. The fourth-order valence-corrected chi connectivity index (χ4v) is 3.13. The predicted molar refractivity (Wildman–Crippen MR) is 108 cm³/mol. The molecule has 0 saturated carbocycles. The molecular weight excluding hydrogens is 348 g/mol. The second-order valence-corrected chi connectivity index (χ2v) is 6.76. The lowest BCUT2D eigenvalue weighted by molar-refractivity contribution is -0.118. The Morgan fingerprint density at radius 2 is 1.77 bits per heavy atom. The van der Waals surface area contributed by atoms with Crippen LogP contribution in [0.1, 0.15) is 31.4 Å². The molecule has 5 heteroatoms. The van der Waals surface area contributed by atoms with Gasteiger partial charge in [0.1, 0.15) is 0 Å². The molecule has 0 heterocycles. The van der Waals surface area contributed by atoms with Crippen molar-refractivity contribution in [2.45, 2.75) is 34.1 Å². The lowest BCUT2D eigenvalue weighted by Crippen LogP contribution is -2.36. The number of anilines is 2. The zero-order valence-corrected chi connectivity index (χ0v) is 16.5. The molecule has 0 bridgehead atoms. The third kappa shape index (κ3) is 4.85. The Morgan fingerprint density at radius 1 is 1.04 bits per heavy atom. The first-order valence-electron chi connectivity index (χ1n) is 8.74. The summed E-state index contributed by atoms with van der Waals surface area (Å²) in [5.41, 5.74) is 3.68. The van der Waals surface area contributed by atoms with Gasteiger partial charge in [0.15, 0.2) is 0 Å². The van der Waals surface area contributed by atoms with Crippen molar-refractivity contribution in [1.82, 2.24) is 0 Å². The van der Waals surface area contributed by atoms with E-state index in [4.69, 9.17) is 11.6 Å². The molecule has 0 aliphatic rings. The standard InChI is InChI=1S/C21H25ClN2O2/c1-5-23(19-8-6-7-15(2)13-19)21(26)11-12-24(17(4)25)20-14-18(22)10-9-16(20)3/h6-10,13-14H,5,11-12H2,1-4H3. The van der Waals surface area contributed by atoms with E-state index in [0.29, 0.717) is 18.1 Å². The highest BCUT2D eigenvalue weighted by molar-refractivity contribution is 6.31. The van der Waals surface area contributed by atoms with Crippen LogP contribution < -0.4 is 9.80 Å². The van der Waals surface area contributed by atoms with E-state index < -0.39 is 0 Å². The van der Waals surface area contributed by atoms with Crippen molar-refractivity contribution >= 4 is 34.8 Å². The zero-order valence-electron chi connectivity index (χ0n) is 15.8. The summed E-state index contributed by atoms with van der Waals surface area (Å²) in [5.74, 6) is -0.120. The van der Waals surface area contributed by atoms with E-state index in [2.05, 4.69) is 0 Å². The van der Waals surface area contributed by atoms with Crippen LogP contribution in [-0.2, 0) is 9.59 Å². The highest BCUT2D eigenvalue weighted by Gasteiger charge is 2.19. The molecule has 138 valence electrons. The molecule has 2 rings (SSSR count). The molecule has 0 saturated heterocycles. The van der Waals surface area contributed by atoms with E-state index in [1.807, 2.05) is 51.1 Å². The van der Waals surface area contributed by atoms with Crippen molar-refractivity contribution in [3.8, 4) is 0 Å². The minimum absolute atomic E-state index is 0.0102. The molecule has 4 nitrogen and oxygen atoms in total. The molecule has 0 aliphatic heterocycles. The molecule has 0 radical (unpaired) electrons. The number of hydrogen-bond acceptors (Lipinski definition) is 2. The van der Waals surface area contributed by atoms with E-state index in [-0.39, 0.29) is 18.2 Å². The Kier molecular flexibility index (Phi) is 6.81. The van der Waals surface area contributed by atoms with Gasteiger partial charge in [0, 0.05) is 42.8 Å². The van der Waals surface area contributed by atoms with Crippen molar-refractivity contribution in [1.29, 1.82) is 0 Å². The van der Waals surface area contributed by atoms with Gasteiger partial charge in [-0.1, -0.05) is 29.8 Å². The maximum absolute atomic E-state index is 12.8. The molecule has 2 amide bonds. The van der Waals surface area contributed by atoms with Gasteiger partial charge in [0.25, 0.3) is 0 Å². The van der Waals surface area contributed by atoms with Crippen LogP contribution in [0.15, 0.2) is 42.5 Å². The Bertz CT molecular complexity index is 804. The molecule has 26 heavy (non-hydrogen) atoms. The molecular formula is C21H25ClN2O2. The first-order chi connectivity index (χ1) is 12.3. The largest absolute Gasteiger partial charge is 0.313 e. The van der Waals surface area contributed by atoms with Crippen LogP contribution in [0.2, 0.25) is 5.02 Å². The van der Waals surface area contributed by atoms with Crippen molar-refractivity contribution in [3.63, 3.8) is 0 Å². The lowest BCUT2D eigenvalue weighted by Gasteiger charge is -2.26. The number of amides is 2. The Labute approximate surface area is 160 Å². The summed E-state index contributed by atoms with van der Waals surface area (Å²) >= 11 is 6.08. The first kappa shape index (κ1) is 20.0. The van der Waals surface area contributed by atoms with Crippen molar-refractivity contribution in [2.24, 2.45) is 0 Å². The number of hydrogen-bond donors (Lipinski definition) is 0. The molecule has 0 atom stereocenters. The minimum Gasteiger partial charge on any atom is -0.313 e. The Morgan fingerprint density at radius 3 is 2.38 bits per heavy atom. The number of benzene rings is 2. The van der Waals surface area contributed by atoms with Crippen LogP contribution in [0.4, 0.5) is 11.4 Å². The third-order valence-corrected chi connectivity index (χ3v) is 4.56. The Hall–Kier alpha value is -2.33. The molecule has 0 N–H and O–H groups in total. The molecule has 0 unspecified atom stereocenters. The van der Waals surface area contributed by atoms with Crippen LogP contribution >= 0.6 is 11.6 Å². The highest BCUT2D eigenvalue weighted by atomic mass is 35.5. The average Bonchev–Trinajstić information content (AvgIpc) is 2.58. The summed E-state index contributed by atoms with van der Waals surface area (Å²) in [4.78, 5) is 28.3. The molecule has 2 aromatic rings. The number of aryl methyl sites for hydroxylation is 2. The smallest absolute Gasteiger partial charge is 0.228 e. The van der Waals surface area contributed by atoms with Gasteiger partial charge in [-0.05, 0) is 56.2 Å². The topological polar surface area (TPSA) is 40.6 Å². The van der Waals surface area contributed by atoms with Crippen LogP contribution in [0.3, 0.4) is 0 Å². The molecule has 2 aromatic carbocycles. The summed E-state index contributed by atoms with van der Waals surface area (Å²) in [6.07, 6.45) is 0.243. The summed E-state index contributed by atoms with van der Waals surface area (Å²) in [7, 11) is 0. The van der Waals surface area contributed by atoms with E-state index in [1.54, 1.807) is 21.9 Å². The summed E-state index contributed by atoms with van der Waals surface area (Å²) in [6, 6.07) is 13.3. The normalized spacial score (nSPS) is 10.5. The Balaban J connectivity index is 2.16. The number of halogens is 1. The molecule has 0 aliphatic carbocycles. The van der Waals surface area contributed by atoms with Crippen LogP contribution in [0, 0.1) is 13.8 Å². The summed E-state index contributed by atoms with van der Waals surface area (Å²) in [5, 5.41) is 0.568. The van der Waals surface area contributed by atoms with Crippen molar-refractivity contribution < 1.29 is 9.59 Å². The third-order valence-electron chi connectivity index (χ3n) is 4.32. The summed E-state index contributed by atoms with van der Waals surface area (Å²) < 4.78 is 0. The van der Waals surface area contributed by atoms with Crippen LogP contribution in [-0.4, -0.2) is 24.9 Å². The number of carbonyl (C=O) groups excluding carboxylic acids is 2. The fraction of sp³-hybridized carbons (Fsp3) is 0.333. The van der Waals surface area contributed by atoms with Gasteiger partial charge >= 0.3 is 0 Å².